The summed E-state index contributed by atoms with van der Waals surface area (Å²) < 4.78 is 18.9. The molecule has 0 aliphatic rings. The first-order valence-electron chi connectivity index (χ1n) is 6.05. The van der Waals surface area contributed by atoms with Gasteiger partial charge in [-0.05, 0) is 30.7 Å². The number of nitro groups is 1. The number of nitrogens with zero attached hydrogens (tertiary/aromatic N) is 1. The van der Waals surface area contributed by atoms with Gasteiger partial charge in [0.25, 0.3) is 0 Å². The Morgan fingerprint density at radius 1 is 1.33 bits per heavy atom. The molecule has 0 bridgehead atoms. The van der Waals surface area contributed by atoms with Crippen molar-refractivity contribution < 1.29 is 14.1 Å². The quantitative estimate of drug-likeness (QED) is 0.678. The lowest BCUT2D eigenvalue weighted by atomic mass is 10.1. The Kier molecular flexibility index (Phi) is 4.40. The highest BCUT2D eigenvalue weighted by Crippen LogP contribution is 2.32. The van der Waals surface area contributed by atoms with Gasteiger partial charge in [-0.25, -0.2) is 0 Å². The molecule has 0 spiro atoms. The van der Waals surface area contributed by atoms with Gasteiger partial charge in [0, 0.05) is 18.2 Å². The molecule has 0 fully saturated rings. The lowest BCUT2D eigenvalue weighted by molar-refractivity contribution is -0.387. The molecule has 0 amide bonds. The topological polar surface area (TPSA) is 78.4 Å². The Hall–Kier alpha value is -2.18. The second kappa shape index (κ2) is 6.07. The summed E-state index contributed by atoms with van der Waals surface area (Å²) in [6, 6.07) is 8.12. The molecule has 1 unspecified atom stereocenters. The van der Waals surface area contributed by atoms with Crippen LogP contribution in [-0.4, -0.2) is 4.92 Å². The number of nitro benzene ring substituents is 1. The molecule has 2 aromatic carbocycles. The molecule has 2 rings (SSSR count). The first-order chi connectivity index (χ1) is 9.88. The molecule has 0 aliphatic heterocycles. The average molecular weight is 311 g/mol. The molecule has 2 aromatic rings. The van der Waals surface area contributed by atoms with Crippen molar-refractivity contribution in [2.24, 2.45) is 5.73 Å². The minimum atomic E-state index is -0.971. The summed E-state index contributed by atoms with van der Waals surface area (Å²) in [7, 11) is 0. The van der Waals surface area contributed by atoms with Gasteiger partial charge < -0.3 is 10.5 Å². The number of nitrogens with two attached hydrogens (primary N) is 1. The molecule has 7 heteroatoms. The fraction of sp³-hybridized carbons (Fsp3) is 0.143. The van der Waals surface area contributed by atoms with Gasteiger partial charge in [-0.2, -0.15) is 4.39 Å². The van der Waals surface area contributed by atoms with E-state index < -0.39 is 16.4 Å². The number of hydrogen-bond acceptors (Lipinski definition) is 4. The molecule has 5 nitrogen and oxygen atoms in total. The summed E-state index contributed by atoms with van der Waals surface area (Å²) in [5.74, 6) is -0.538. The minimum absolute atomic E-state index is 0.119. The Balaban J connectivity index is 2.26. The molecule has 110 valence electrons. The van der Waals surface area contributed by atoms with Crippen molar-refractivity contribution in [3.63, 3.8) is 0 Å². The van der Waals surface area contributed by atoms with E-state index in [4.69, 9.17) is 22.1 Å². The van der Waals surface area contributed by atoms with E-state index in [0.717, 1.165) is 17.7 Å². The highest BCUT2D eigenvalue weighted by Gasteiger charge is 2.15. The van der Waals surface area contributed by atoms with Gasteiger partial charge in [0.15, 0.2) is 0 Å². The Morgan fingerprint density at radius 3 is 2.57 bits per heavy atom. The van der Waals surface area contributed by atoms with Crippen LogP contribution in [0.2, 0.25) is 5.02 Å². The van der Waals surface area contributed by atoms with Gasteiger partial charge >= 0.3 is 5.69 Å². The maximum Gasteiger partial charge on any atom is 0.305 e. The SMILES string of the molecule is CC(N)c1ccc(Oc2ccc([N+](=O)[O-])c(F)c2)c(Cl)c1. The fourth-order valence-electron chi connectivity index (χ4n) is 1.71. The third kappa shape index (κ3) is 3.48. The van der Waals surface area contributed by atoms with Gasteiger partial charge in [0.05, 0.1) is 9.95 Å². The predicted molar refractivity (Wildman–Crippen MR) is 77.2 cm³/mol. The zero-order chi connectivity index (χ0) is 15.6. The number of halogens is 2. The Bertz CT molecular complexity index is 692. The van der Waals surface area contributed by atoms with E-state index >= 15 is 0 Å². The van der Waals surface area contributed by atoms with Crippen molar-refractivity contribution in [2.75, 3.05) is 0 Å². The van der Waals surface area contributed by atoms with Crippen molar-refractivity contribution in [1.29, 1.82) is 0 Å². The highest BCUT2D eigenvalue weighted by molar-refractivity contribution is 6.32. The van der Waals surface area contributed by atoms with Crippen LogP contribution in [0.25, 0.3) is 0 Å². The van der Waals surface area contributed by atoms with Crippen LogP contribution in [0.4, 0.5) is 10.1 Å². The van der Waals surface area contributed by atoms with E-state index in [2.05, 4.69) is 0 Å². The van der Waals surface area contributed by atoms with Crippen LogP contribution in [0.15, 0.2) is 36.4 Å². The zero-order valence-corrected chi connectivity index (χ0v) is 11.8. The predicted octanol–water partition coefficient (Wildman–Crippen LogP) is 4.20. The molecule has 21 heavy (non-hydrogen) atoms. The minimum Gasteiger partial charge on any atom is -0.456 e. The molecule has 2 N–H and O–H groups in total. The van der Waals surface area contributed by atoms with Crippen LogP contribution in [-0.2, 0) is 0 Å². The summed E-state index contributed by atoms with van der Waals surface area (Å²) in [5.41, 5.74) is 5.96. The van der Waals surface area contributed by atoms with Crippen LogP contribution < -0.4 is 10.5 Å². The molecule has 0 aromatic heterocycles. The van der Waals surface area contributed by atoms with Crippen LogP contribution in [0.3, 0.4) is 0 Å². The molecule has 0 heterocycles. The summed E-state index contributed by atoms with van der Waals surface area (Å²) in [5, 5.41) is 10.9. The fourth-order valence-corrected chi connectivity index (χ4v) is 1.94. The monoisotopic (exact) mass is 310 g/mol. The number of ether oxygens (including phenoxy) is 1. The van der Waals surface area contributed by atoms with Crippen LogP contribution in [0.1, 0.15) is 18.5 Å². The van der Waals surface area contributed by atoms with Gasteiger partial charge in [-0.3, -0.25) is 10.1 Å². The van der Waals surface area contributed by atoms with E-state index in [1.54, 1.807) is 18.2 Å². The summed E-state index contributed by atoms with van der Waals surface area (Å²) in [6.45, 7) is 1.82. The molecular formula is C14H12ClFN2O3. The van der Waals surface area contributed by atoms with Crippen LogP contribution >= 0.6 is 11.6 Å². The zero-order valence-electron chi connectivity index (χ0n) is 11.0. The van der Waals surface area contributed by atoms with Crippen molar-refractivity contribution in [1.82, 2.24) is 0 Å². The first-order valence-corrected chi connectivity index (χ1v) is 6.43. The van der Waals surface area contributed by atoms with Gasteiger partial charge in [0.1, 0.15) is 11.5 Å². The number of rotatable bonds is 4. The maximum absolute atomic E-state index is 13.5. The maximum atomic E-state index is 13.5. The van der Waals surface area contributed by atoms with Gasteiger partial charge in [-0.1, -0.05) is 17.7 Å². The number of benzene rings is 2. The summed E-state index contributed by atoms with van der Waals surface area (Å²) in [6.07, 6.45) is 0. The first kappa shape index (κ1) is 15.2. The van der Waals surface area contributed by atoms with E-state index in [1.807, 2.05) is 6.92 Å². The molecular weight excluding hydrogens is 299 g/mol. The van der Waals surface area contributed by atoms with Gasteiger partial charge in [0.2, 0.25) is 5.82 Å². The molecule has 1 atom stereocenters. The Morgan fingerprint density at radius 2 is 2.05 bits per heavy atom. The third-order valence-electron chi connectivity index (χ3n) is 2.83. The second-order valence-corrected chi connectivity index (χ2v) is 4.86. The summed E-state index contributed by atoms with van der Waals surface area (Å²) >= 11 is 6.06. The standard InChI is InChI=1S/C14H12ClFN2O3/c1-8(17)9-2-5-14(11(15)6-9)21-10-3-4-13(18(19)20)12(16)7-10/h2-8H,17H2,1H3. The largest absolute Gasteiger partial charge is 0.456 e. The normalized spacial score (nSPS) is 12.0. The lowest BCUT2D eigenvalue weighted by Crippen LogP contribution is -2.04. The van der Waals surface area contributed by atoms with E-state index in [1.165, 1.54) is 6.07 Å². The molecule has 0 saturated heterocycles. The van der Waals surface area contributed by atoms with Crippen LogP contribution in [0.5, 0.6) is 11.5 Å². The highest BCUT2D eigenvalue weighted by atomic mass is 35.5. The Labute approximate surface area is 125 Å². The molecule has 0 radical (unpaired) electrons. The smallest absolute Gasteiger partial charge is 0.305 e. The summed E-state index contributed by atoms with van der Waals surface area (Å²) in [4.78, 5) is 9.74. The molecule has 0 saturated carbocycles. The molecule has 0 aliphatic carbocycles. The van der Waals surface area contributed by atoms with Crippen molar-refractivity contribution in [3.8, 4) is 11.5 Å². The van der Waals surface area contributed by atoms with E-state index in [9.17, 15) is 14.5 Å². The second-order valence-electron chi connectivity index (χ2n) is 4.45. The number of hydrogen-bond donors (Lipinski definition) is 1. The van der Waals surface area contributed by atoms with Crippen molar-refractivity contribution >= 4 is 17.3 Å². The van der Waals surface area contributed by atoms with Crippen molar-refractivity contribution in [2.45, 2.75) is 13.0 Å². The van der Waals surface area contributed by atoms with Gasteiger partial charge in [-0.15, -0.1) is 0 Å². The van der Waals surface area contributed by atoms with Crippen molar-refractivity contribution in [3.05, 3.63) is 62.9 Å². The van der Waals surface area contributed by atoms with E-state index in [0.29, 0.717) is 10.8 Å². The average Bonchev–Trinajstić information content (AvgIpc) is 2.40. The van der Waals surface area contributed by atoms with Crippen LogP contribution in [0, 0.1) is 15.9 Å². The third-order valence-corrected chi connectivity index (χ3v) is 3.12. The van der Waals surface area contributed by atoms with E-state index in [-0.39, 0.29) is 11.8 Å². The lowest BCUT2D eigenvalue weighted by Gasteiger charge is -2.11.